The van der Waals surface area contributed by atoms with Crippen molar-refractivity contribution in [1.82, 2.24) is 0 Å². The van der Waals surface area contributed by atoms with Gasteiger partial charge < -0.3 is 4.74 Å². The molecule has 0 fully saturated rings. The number of carbonyl (C=O) groups excluding carboxylic acids is 1. The van der Waals surface area contributed by atoms with Gasteiger partial charge in [-0.2, -0.15) is 0 Å². The van der Waals surface area contributed by atoms with Crippen molar-refractivity contribution < 1.29 is 9.53 Å². The van der Waals surface area contributed by atoms with E-state index in [1.807, 2.05) is 31.2 Å². The Hall–Kier alpha value is -1.15. The SMILES string of the molecule is COC(C)C1=C(C(C)=O)C=CCC=C1. The summed E-state index contributed by atoms with van der Waals surface area (Å²) in [5.74, 6) is 0.0895. The lowest BCUT2D eigenvalue weighted by Gasteiger charge is -2.13. The minimum atomic E-state index is -0.0344. The molecule has 0 amide bonds. The van der Waals surface area contributed by atoms with Gasteiger partial charge in [-0.25, -0.2) is 0 Å². The van der Waals surface area contributed by atoms with Crippen LogP contribution >= 0.6 is 0 Å². The number of ether oxygens (including phenoxy) is 1. The van der Waals surface area contributed by atoms with Gasteiger partial charge in [-0.15, -0.1) is 0 Å². The lowest BCUT2D eigenvalue weighted by molar-refractivity contribution is -0.113. The highest BCUT2D eigenvalue weighted by atomic mass is 16.5. The van der Waals surface area contributed by atoms with E-state index in [4.69, 9.17) is 4.74 Å². The molecule has 14 heavy (non-hydrogen) atoms. The highest BCUT2D eigenvalue weighted by Gasteiger charge is 2.13. The fourth-order valence-electron chi connectivity index (χ4n) is 1.45. The number of allylic oxidation sites excluding steroid dienone is 4. The zero-order valence-corrected chi connectivity index (χ0v) is 8.91. The molecule has 0 aromatic heterocycles. The van der Waals surface area contributed by atoms with Crippen molar-refractivity contribution in [2.24, 2.45) is 0 Å². The lowest BCUT2D eigenvalue weighted by atomic mass is 10.0. The van der Waals surface area contributed by atoms with Crippen molar-refractivity contribution in [3.05, 3.63) is 35.5 Å². The molecule has 1 atom stereocenters. The lowest BCUT2D eigenvalue weighted by Crippen LogP contribution is -2.11. The monoisotopic (exact) mass is 192 g/mol. The van der Waals surface area contributed by atoms with Crippen LogP contribution in [-0.4, -0.2) is 19.0 Å². The first-order valence-electron chi connectivity index (χ1n) is 4.77. The Morgan fingerprint density at radius 3 is 2.64 bits per heavy atom. The molecule has 0 N–H and O–H groups in total. The Kier molecular flexibility index (Phi) is 3.84. The standard InChI is InChI=1S/C12H16O2/c1-9(13)11-7-5-4-6-8-12(11)10(2)14-3/h5-8,10H,4H2,1-3H3. The zero-order valence-electron chi connectivity index (χ0n) is 8.91. The maximum atomic E-state index is 11.4. The zero-order chi connectivity index (χ0) is 10.6. The number of carbonyl (C=O) groups is 1. The topological polar surface area (TPSA) is 26.3 Å². The van der Waals surface area contributed by atoms with Crippen LogP contribution < -0.4 is 0 Å². The smallest absolute Gasteiger partial charge is 0.160 e. The molecule has 0 aliphatic heterocycles. The third kappa shape index (κ3) is 2.42. The van der Waals surface area contributed by atoms with Gasteiger partial charge in [0.15, 0.2) is 5.78 Å². The van der Waals surface area contributed by atoms with Crippen molar-refractivity contribution in [3.8, 4) is 0 Å². The summed E-state index contributed by atoms with van der Waals surface area (Å²) < 4.78 is 5.23. The Morgan fingerprint density at radius 1 is 1.43 bits per heavy atom. The van der Waals surface area contributed by atoms with Crippen LogP contribution in [0, 0.1) is 0 Å². The second-order valence-electron chi connectivity index (χ2n) is 3.34. The van der Waals surface area contributed by atoms with Crippen LogP contribution in [0.4, 0.5) is 0 Å². The number of Topliss-reactive ketones (excluding diaryl/α,β-unsaturated/α-hetero) is 1. The molecule has 1 aliphatic rings. The molecule has 0 spiro atoms. The van der Waals surface area contributed by atoms with E-state index >= 15 is 0 Å². The molecule has 76 valence electrons. The summed E-state index contributed by atoms with van der Waals surface area (Å²) in [5.41, 5.74) is 1.72. The van der Waals surface area contributed by atoms with Crippen LogP contribution in [0.3, 0.4) is 0 Å². The second-order valence-corrected chi connectivity index (χ2v) is 3.34. The molecule has 0 aromatic carbocycles. The Morgan fingerprint density at radius 2 is 2.07 bits per heavy atom. The van der Waals surface area contributed by atoms with Gasteiger partial charge in [-0.3, -0.25) is 4.79 Å². The Bertz CT molecular complexity index is 308. The molecule has 0 saturated carbocycles. The van der Waals surface area contributed by atoms with Crippen LogP contribution in [0.15, 0.2) is 35.5 Å². The minimum Gasteiger partial charge on any atom is -0.377 e. The number of ketones is 1. The number of methoxy groups -OCH3 is 1. The number of rotatable bonds is 3. The quantitative estimate of drug-likeness (QED) is 0.686. The van der Waals surface area contributed by atoms with Crippen LogP contribution in [0.1, 0.15) is 20.3 Å². The average Bonchev–Trinajstić information content (AvgIpc) is 2.41. The Balaban J connectivity index is 3.12. The van der Waals surface area contributed by atoms with E-state index < -0.39 is 0 Å². The van der Waals surface area contributed by atoms with Gasteiger partial charge in [0.05, 0.1) is 6.10 Å². The van der Waals surface area contributed by atoms with E-state index in [1.165, 1.54) is 0 Å². The summed E-state index contributed by atoms with van der Waals surface area (Å²) in [6, 6.07) is 0. The summed E-state index contributed by atoms with van der Waals surface area (Å²) in [7, 11) is 1.65. The molecular formula is C12H16O2. The first-order valence-corrected chi connectivity index (χ1v) is 4.77. The van der Waals surface area contributed by atoms with E-state index in [2.05, 4.69) is 0 Å². The van der Waals surface area contributed by atoms with Gasteiger partial charge in [0, 0.05) is 12.7 Å². The van der Waals surface area contributed by atoms with Crippen LogP contribution in [0.2, 0.25) is 0 Å². The molecule has 0 radical (unpaired) electrons. The summed E-state index contributed by atoms with van der Waals surface area (Å²) in [4.78, 5) is 11.4. The van der Waals surface area contributed by atoms with Gasteiger partial charge >= 0.3 is 0 Å². The molecule has 0 heterocycles. The number of hydrogen-bond acceptors (Lipinski definition) is 2. The van der Waals surface area contributed by atoms with Crippen molar-refractivity contribution in [3.63, 3.8) is 0 Å². The third-order valence-electron chi connectivity index (χ3n) is 2.34. The maximum Gasteiger partial charge on any atom is 0.160 e. The minimum absolute atomic E-state index is 0.0344. The normalized spacial score (nSPS) is 18.2. The highest BCUT2D eigenvalue weighted by molar-refractivity contribution is 5.97. The molecule has 1 unspecified atom stereocenters. The molecule has 2 nitrogen and oxygen atoms in total. The van der Waals surface area contributed by atoms with E-state index in [1.54, 1.807) is 14.0 Å². The first kappa shape index (κ1) is 10.9. The van der Waals surface area contributed by atoms with Crippen molar-refractivity contribution in [2.75, 3.05) is 7.11 Å². The summed E-state index contributed by atoms with van der Waals surface area (Å²) in [6.45, 7) is 3.53. The summed E-state index contributed by atoms with van der Waals surface area (Å²) in [5, 5.41) is 0. The van der Waals surface area contributed by atoms with Gasteiger partial charge in [-0.1, -0.05) is 24.3 Å². The van der Waals surface area contributed by atoms with E-state index in [0.717, 1.165) is 17.6 Å². The fourth-order valence-corrected chi connectivity index (χ4v) is 1.45. The first-order chi connectivity index (χ1) is 6.66. The van der Waals surface area contributed by atoms with Crippen LogP contribution in [0.25, 0.3) is 0 Å². The summed E-state index contributed by atoms with van der Waals surface area (Å²) in [6.07, 6.45) is 8.72. The second kappa shape index (κ2) is 4.91. The van der Waals surface area contributed by atoms with Gasteiger partial charge in [0.1, 0.15) is 0 Å². The van der Waals surface area contributed by atoms with Crippen molar-refractivity contribution >= 4 is 5.78 Å². The predicted octanol–water partition coefficient (Wildman–Crippen LogP) is 2.42. The number of hydrogen-bond donors (Lipinski definition) is 0. The molecule has 2 heteroatoms. The van der Waals surface area contributed by atoms with Crippen molar-refractivity contribution in [1.29, 1.82) is 0 Å². The Labute approximate surface area is 85.0 Å². The van der Waals surface area contributed by atoms with Gasteiger partial charge in [0.25, 0.3) is 0 Å². The van der Waals surface area contributed by atoms with Crippen molar-refractivity contribution in [2.45, 2.75) is 26.4 Å². The molecule has 0 saturated heterocycles. The van der Waals surface area contributed by atoms with Crippen LogP contribution in [-0.2, 0) is 9.53 Å². The predicted molar refractivity (Wildman–Crippen MR) is 57.1 cm³/mol. The van der Waals surface area contributed by atoms with E-state index in [-0.39, 0.29) is 11.9 Å². The molecular weight excluding hydrogens is 176 g/mol. The largest absolute Gasteiger partial charge is 0.377 e. The third-order valence-corrected chi connectivity index (χ3v) is 2.34. The fraction of sp³-hybridized carbons (Fsp3) is 0.417. The van der Waals surface area contributed by atoms with E-state index in [0.29, 0.717) is 0 Å². The molecule has 1 rings (SSSR count). The molecule has 0 bridgehead atoms. The maximum absolute atomic E-state index is 11.4. The molecule has 0 aromatic rings. The molecule has 1 aliphatic carbocycles. The van der Waals surface area contributed by atoms with E-state index in [9.17, 15) is 4.79 Å². The van der Waals surface area contributed by atoms with Gasteiger partial charge in [-0.05, 0) is 25.8 Å². The average molecular weight is 192 g/mol. The highest BCUT2D eigenvalue weighted by Crippen LogP contribution is 2.18. The summed E-state index contributed by atoms with van der Waals surface area (Å²) >= 11 is 0. The van der Waals surface area contributed by atoms with Gasteiger partial charge in [0.2, 0.25) is 0 Å². The van der Waals surface area contributed by atoms with Crippen LogP contribution in [0.5, 0.6) is 0 Å².